The second-order valence-corrected chi connectivity index (χ2v) is 5.34. The number of aryl methyl sites for hydroxylation is 1. The first-order chi connectivity index (χ1) is 10.1. The van der Waals surface area contributed by atoms with Crippen LogP contribution in [0.1, 0.15) is 5.56 Å². The fourth-order valence-electron chi connectivity index (χ4n) is 2.89. The number of fused-ring (bicyclic) bond motifs is 2. The molecule has 0 unspecified atom stereocenters. The minimum absolute atomic E-state index is 0.132. The third-order valence-electron chi connectivity index (χ3n) is 4.08. The number of hydrogen-bond acceptors (Lipinski definition) is 3. The molecule has 0 saturated carbocycles. The predicted octanol–water partition coefficient (Wildman–Crippen LogP) is 2.15. The van der Waals surface area contributed by atoms with Crippen molar-refractivity contribution >= 4 is 22.6 Å². The molecule has 5 heteroatoms. The Hall–Kier alpha value is -2.69. The maximum absolute atomic E-state index is 11.8. The van der Waals surface area contributed by atoms with Crippen molar-refractivity contribution in [2.45, 2.75) is 6.42 Å². The number of nitrogens with zero attached hydrogens (tertiary/aromatic N) is 4. The summed E-state index contributed by atoms with van der Waals surface area (Å²) in [5.41, 5.74) is 4.95. The molecule has 21 heavy (non-hydrogen) atoms. The fourth-order valence-corrected chi connectivity index (χ4v) is 2.89. The van der Waals surface area contributed by atoms with Crippen LogP contribution < -0.4 is 4.90 Å². The van der Waals surface area contributed by atoms with Crippen LogP contribution in [0.4, 0.5) is 5.69 Å². The summed E-state index contributed by atoms with van der Waals surface area (Å²) in [6.07, 6.45) is 4.03. The van der Waals surface area contributed by atoms with E-state index in [-0.39, 0.29) is 5.91 Å². The molecule has 0 aliphatic carbocycles. The third-order valence-corrected chi connectivity index (χ3v) is 4.08. The van der Waals surface area contributed by atoms with Crippen molar-refractivity contribution in [2.75, 3.05) is 11.9 Å². The number of hydrogen-bond donors (Lipinski definition) is 0. The lowest BCUT2D eigenvalue weighted by Crippen LogP contribution is -2.20. The number of anilines is 1. The van der Waals surface area contributed by atoms with Gasteiger partial charge >= 0.3 is 0 Å². The molecule has 1 aromatic carbocycles. The second-order valence-electron chi connectivity index (χ2n) is 5.34. The Morgan fingerprint density at radius 3 is 2.86 bits per heavy atom. The van der Waals surface area contributed by atoms with Crippen LogP contribution in [-0.4, -0.2) is 27.5 Å². The van der Waals surface area contributed by atoms with Crippen molar-refractivity contribution in [3.8, 4) is 11.4 Å². The molecule has 1 aliphatic heterocycles. The van der Waals surface area contributed by atoms with Gasteiger partial charge in [-0.1, -0.05) is 0 Å². The average molecular weight is 278 g/mol. The minimum atomic E-state index is 0.132. The molecule has 2 aromatic heterocycles. The Balaban J connectivity index is 1.95. The number of carbonyl (C=O) groups excluding carboxylic acids is 1. The summed E-state index contributed by atoms with van der Waals surface area (Å²) in [6.45, 7) is 0. The van der Waals surface area contributed by atoms with E-state index in [0.29, 0.717) is 6.42 Å². The van der Waals surface area contributed by atoms with E-state index in [2.05, 4.69) is 15.6 Å². The highest BCUT2D eigenvalue weighted by Gasteiger charge is 2.25. The van der Waals surface area contributed by atoms with Crippen LogP contribution in [0.25, 0.3) is 22.4 Å². The normalized spacial score (nSPS) is 14.0. The smallest absolute Gasteiger partial charge is 0.231 e. The average Bonchev–Trinajstić information content (AvgIpc) is 2.97. The molecule has 3 aromatic rings. The minimum Gasteiger partial charge on any atom is -0.327 e. The summed E-state index contributed by atoms with van der Waals surface area (Å²) in [5.74, 6) is 1.02. The molecule has 0 spiro atoms. The Morgan fingerprint density at radius 2 is 2.10 bits per heavy atom. The standard InChI is InChI=1S/C16H14N4O/c1-19-13-8-12-14(6-11(13)7-15(19)21)20(2)16(18-12)10-4-3-5-17-9-10/h3-6,8-9H,7H2,1-2H3. The van der Waals surface area contributed by atoms with E-state index in [4.69, 9.17) is 4.98 Å². The number of rotatable bonds is 1. The summed E-state index contributed by atoms with van der Waals surface area (Å²) in [6, 6.07) is 7.97. The highest BCUT2D eigenvalue weighted by atomic mass is 16.2. The molecule has 0 atom stereocenters. The fraction of sp³-hybridized carbons (Fsp3) is 0.188. The van der Waals surface area contributed by atoms with Gasteiger partial charge in [-0.3, -0.25) is 9.78 Å². The molecule has 1 amide bonds. The maximum Gasteiger partial charge on any atom is 0.231 e. The van der Waals surface area contributed by atoms with E-state index >= 15 is 0 Å². The molecule has 5 nitrogen and oxygen atoms in total. The number of amides is 1. The summed E-state index contributed by atoms with van der Waals surface area (Å²) in [5, 5.41) is 0. The third kappa shape index (κ3) is 1.67. The topological polar surface area (TPSA) is 51.0 Å². The second kappa shape index (κ2) is 4.15. The van der Waals surface area contributed by atoms with E-state index in [1.807, 2.05) is 38.5 Å². The van der Waals surface area contributed by atoms with E-state index in [9.17, 15) is 4.79 Å². The van der Waals surface area contributed by atoms with Gasteiger partial charge in [0.2, 0.25) is 5.91 Å². The predicted molar refractivity (Wildman–Crippen MR) is 81.1 cm³/mol. The number of benzene rings is 1. The van der Waals surface area contributed by atoms with Crippen molar-refractivity contribution in [3.63, 3.8) is 0 Å². The van der Waals surface area contributed by atoms with E-state index in [1.54, 1.807) is 11.1 Å². The number of carbonyl (C=O) groups is 1. The van der Waals surface area contributed by atoms with Crippen molar-refractivity contribution in [1.82, 2.24) is 14.5 Å². The number of pyridine rings is 1. The van der Waals surface area contributed by atoms with Crippen molar-refractivity contribution in [3.05, 3.63) is 42.2 Å². The van der Waals surface area contributed by atoms with Crippen LogP contribution in [-0.2, 0) is 18.3 Å². The van der Waals surface area contributed by atoms with Gasteiger partial charge in [-0.05, 0) is 29.8 Å². The van der Waals surface area contributed by atoms with Crippen LogP contribution >= 0.6 is 0 Å². The number of imidazole rings is 1. The molecular formula is C16H14N4O. The Kier molecular flexibility index (Phi) is 2.39. The van der Waals surface area contributed by atoms with Gasteiger partial charge in [-0.25, -0.2) is 4.98 Å². The molecular weight excluding hydrogens is 264 g/mol. The van der Waals surface area contributed by atoms with E-state index in [0.717, 1.165) is 33.7 Å². The molecule has 3 heterocycles. The maximum atomic E-state index is 11.8. The van der Waals surface area contributed by atoms with Gasteiger partial charge in [-0.15, -0.1) is 0 Å². The zero-order valence-electron chi connectivity index (χ0n) is 11.9. The largest absolute Gasteiger partial charge is 0.327 e. The van der Waals surface area contributed by atoms with E-state index in [1.165, 1.54) is 0 Å². The lowest BCUT2D eigenvalue weighted by atomic mass is 10.1. The monoisotopic (exact) mass is 278 g/mol. The van der Waals surface area contributed by atoms with Gasteiger partial charge in [0, 0.05) is 37.7 Å². The highest BCUT2D eigenvalue weighted by Crippen LogP contribution is 2.33. The Morgan fingerprint density at radius 1 is 1.24 bits per heavy atom. The first kappa shape index (κ1) is 12.1. The lowest BCUT2D eigenvalue weighted by molar-refractivity contribution is -0.117. The number of likely N-dealkylation sites (N-methyl/N-ethyl adjacent to an activating group) is 1. The van der Waals surface area contributed by atoms with Gasteiger partial charge < -0.3 is 9.47 Å². The summed E-state index contributed by atoms with van der Waals surface area (Å²) in [7, 11) is 3.80. The lowest BCUT2D eigenvalue weighted by Gasteiger charge is -2.09. The zero-order chi connectivity index (χ0) is 14.6. The van der Waals surface area contributed by atoms with Gasteiger partial charge in [-0.2, -0.15) is 0 Å². The van der Waals surface area contributed by atoms with E-state index < -0.39 is 0 Å². The number of aromatic nitrogens is 3. The molecule has 0 fully saturated rings. The van der Waals surface area contributed by atoms with Gasteiger partial charge in [0.1, 0.15) is 5.82 Å². The summed E-state index contributed by atoms with van der Waals surface area (Å²) in [4.78, 5) is 22.4. The highest BCUT2D eigenvalue weighted by molar-refractivity contribution is 6.03. The van der Waals surface area contributed by atoms with Crippen LogP contribution in [0.5, 0.6) is 0 Å². The molecule has 0 N–H and O–H groups in total. The first-order valence-corrected chi connectivity index (χ1v) is 6.81. The van der Waals surface area contributed by atoms with Gasteiger partial charge in [0.25, 0.3) is 0 Å². The SMILES string of the molecule is CN1C(=O)Cc2cc3c(cc21)nc(-c1cccnc1)n3C. The Bertz CT molecular complexity index is 867. The van der Waals surface area contributed by atoms with Gasteiger partial charge in [0.15, 0.2) is 0 Å². The zero-order valence-corrected chi connectivity index (χ0v) is 11.9. The molecule has 0 saturated heterocycles. The molecule has 4 rings (SSSR count). The van der Waals surface area contributed by atoms with Crippen LogP contribution in [0.3, 0.4) is 0 Å². The Labute approximate surface area is 121 Å². The van der Waals surface area contributed by atoms with Crippen LogP contribution in [0.15, 0.2) is 36.7 Å². The molecule has 0 bridgehead atoms. The molecule has 104 valence electrons. The van der Waals surface area contributed by atoms with Crippen LogP contribution in [0.2, 0.25) is 0 Å². The first-order valence-electron chi connectivity index (χ1n) is 6.81. The van der Waals surface area contributed by atoms with Crippen molar-refractivity contribution in [1.29, 1.82) is 0 Å². The van der Waals surface area contributed by atoms with Crippen molar-refractivity contribution in [2.24, 2.45) is 7.05 Å². The molecule has 0 radical (unpaired) electrons. The summed E-state index contributed by atoms with van der Waals surface area (Å²) >= 11 is 0. The van der Waals surface area contributed by atoms with Crippen molar-refractivity contribution < 1.29 is 4.79 Å². The quantitative estimate of drug-likeness (QED) is 0.685. The molecule has 1 aliphatic rings. The summed E-state index contributed by atoms with van der Waals surface area (Å²) < 4.78 is 2.05. The van der Waals surface area contributed by atoms with Gasteiger partial charge in [0.05, 0.1) is 17.5 Å². The van der Waals surface area contributed by atoms with Crippen LogP contribution in [0, 0.1) is 0 Å².